The number of rotatable bonds is 10. The number of nitrogens with one attached hydrogen (secondary N) is 1. The highest BCUT2D eigenvalue weighted by molar-refractivity contribution is 7.98. The van der Waals surface area contributed by atoms with Crippen molar-refractivity contribution in [2.75, 3.05) is 25.6 Å². The van der Waals surface area contributed by atoms with Gasteiger partial charge in [-0.25, -0.2) is 0 Å². The minimum atomic E-state index is 0.677. The smallest absolute Gasteiger partial charge is 0.0233 e. The van der Waals surface area contributed by atoms with Crippen LogP contribution in [-0.4, -0.2) is 36.5 Å². The van der Waals surface area contributed by atoms with Crippen LogP contribution in [0.4, 0.5) is 0 Å². The molecule has 0 saturated carbocycles. The summed E-state index contributed by atoms with van der Waals surface area (Å²) in [5.41, 5.74) is 2.78. The topological polar surface area (TPSA) is 15.3 Å². The molecule has 0 bridgehead atoms. The van der Waals surface area contributed by atoms with E-state index in [1.165, 1.54) is 29.7 Å². The fourth-order valence-electron chi connectivity index (χ4n) is 2.34. The highest BCUT2D eigenvalue weighted by Crippen LogP contribution is 2.13. The van der Waals surface area contributed by atoms with Crippen molar-refractivity contribution in [2.24, 2.45) is 0 Å². The molecule has 0 fully saturated rings. The van der Waals surface area contributed by atoms with E-state index in [1.807, 2.05) is 11.8 Å². The van der Waals surface area contributed by atoms with Crippen molar-refractivity contribution in [3.05, 3.63) is 35.4 Å². The average molecular weight is 295 g/mol. The van der Waals surface area contributed by atoms with E-state index >= 15 is 0 Å². The number of hydrogen-bond acceptors (Lipinski definition) is 3. The van der Waals surface area contributed by atoms with Crippen LogP contribution in [0, 0.1) is 0 Å². The quantitative estimate of drug-likeness (QED) is 0.662. The molecule has 0 heterocycles. The SMILES string of the molecule is CCCNCc1ccc(CN(C)C(CC)CSC)cc1. The van der Waals surface area contributed by atoms with Crippen molar-refractivity contribution in [1.29, 1.82) is 0 Å². The third-order valence-electron chi connectivity index (χ3n) is 3.66. The fourth-order valence-corrected chi connectivity index (χ4v) is 3.21. The Kier molecular flexibility index (Phi) is 8.99. The molecule has 0 radical (unpaired) electrons. The lowest BCUT2D eigenvalue weighted by Gasteiger charge is -2.26. The molecule has 1 N–H and O–H groups in total. The second-order valence-electron chi connectivity index (χ2n) is 5.43. The van der Waals surface area contributed by atoms with E-state index in [0.717, 1.165) is 19.6 Å². The molecule has 0 aliphatic rings. The summed E-state index contributed by atoms with van der Waals surface area (Å²) in [6, 6.07) is 9.72. The number of thioether (sulfide) groups is 1. The van der Waals surface area contributed by atoms with Gasteiger partial charge in [-0.2, -0.15) is 11.8 Å². The number of hydrogen-bond donors (Lipinski definition) is 1. The molecule has 2 nitrogen and oxygen atoms in total. The predicted molar refractivity (Wildman–Crippen MR) is 92.4 cm³/mol. The van der Waals surface area contributed by atoms with E-state index in [4.69, 9.17) is 0 Å². The Morgan fingerprint density at radius 2 is 1.80 bits per heavy atom. The van der Waals surface area contributed by atoms with Gasteiger partial charge in [-0.05, 0) is 43.8 Å². The Labute approximate surface area is 129 Å². The van der Waals surface area contributed by atoms with Gasteiger partial charge in [-0.15, -0.1) is 0 Å². The zero-order chi connectivity index (χ0) is 14.8. The summed E-state index contributed by atoms with van der Waals surface area (Å²) < 4.78 is 0. The Hall–Kier alpha value is -0.510. The summed E-state index contributed by atoms with van der Waals surface area (Å²) in [5, 5.41) is 3.44. The molecular formula is C17H30N2S. The van der Waals surface area contributed by atoms with Crippen molar-refractivity contribution in [3.8, 4) is 0 Å². The van der Waals surface area contributed by atoms with Gasteiger partial charge in [0, 0.05) is 24.9 Å². The average Bonchev–Trinajstić information content (AvgIpc) is 2.46. The molecule has 0 spiro atoms. The highest BCUT2D eigenvalue weighted by atomic mass is 32.2. The van der Waals surface area contributed by atoms with Crippen LogP contribution < -0.4 is 5.32 Å². The van der Waals surface area contributed by atoms with Crippen molar-refractivity contribution in [2.45, 2.75) is 45.8 Å². The molecule has 114 valence electrons. The van der Waals surface area contributed by atoms with Gasteiger partial charge in [0.1, 0.15) is 0 Å². The van der Waals surface area contributed by atoms with E-state index in [0.29, 0.717) is 6.04 Å². The molecule has 0 aromatic heterocycles. The molecule has 0 aliphatic heterocycles. The molecule has 1 unspecified atom stereocenters. The summed E-state index contributed by atoms with van der Waals surface area (Å²) >= 11 is 1.94. The maximum absolute atomic E-state index is 3.44. The van der Waals surface area contributed by atoms with E-state index in [9.17, 15) is 0 Å². The lowest BCUT2D eigenvalue weighted by Crippen LogP contribution is -2.32. The zero-order valence-corrected chi connectivity index (χ0v) is 14.3. The molecule has 1 aromatic carbocycles. The number of nitrogens with zero attached hydrogens (tertiary/aromatic N) is 1. The van der Waals surface area contributed by atoms with Crippen molar-refractivity contribution in [3.63, 3.8) is 0 Å². The van der Waals surface area contributed by atoms with E-state index in [1.54, 1.807) is 0 Å². The second kappa shape index (κ2) is 10.3. The second-order valence-corrected chi connectivity index (χ2v) is 6.34. The Morgan fingerprint density at radius 1 is 1.15 bits per heavy atom. The first-order valence-electron chi connectivity index (χ1n) is 7.68. The molecular weight excluding hydrogens is 264 g/mol. The van der Waals surface area contributed by atoms with Gasteiger partial charge in [0.25, 0.3) is 0 Å². The van der Waals surface area contributed by atoms with Crippen LogP contribution in [0.1, 0.15) is 37.8 Å². The Bertz CT molecular complexity index is 351. The third kappa shape index (κ3) is 6.29. The van der Waals surface area contributed by atoms with Crippen LogP contribution in [0.2, 0.25) is 0 Å². The monoisotopic (exact) mass is 294 g/mol. The summed E-state index contributed by atoms with van der Waals surface area (Å²) in [4.78, 5) is 2.47. The first-order chi connectivity index (χ1) is 9.71. The van der Waals surface area contributed by atoms with E-state index in [-0.39, 0.29) is 0 Å². The van der Waals surface area contributed by atoms with Crippen molar-refractivity contribution in [1.82, 2.24) is 10.2 Å². The lowest BCUT2D eigenvalue weighted by molar-refractivity contribution is 0.248. The van der Waals surface area contributed by atoms with Crippen molar-refractivity contribution < 1.29 is 0 Å². The van der Waals surface area contributed by atoms with Crippen LogP contribution >= 0.6 is 11.8 Å². The summed E-state index contributed by atoms with van der Waals surface area (Å²) in [6.45, 7) is 7.59. The molecule has 20 heavy (non-hydrogen) atoms. The van der Waals surface area contributed by atoms with Crippen LogP contribution in [0.15, 0.2) is 24.3 Å². The molecule has 1 atom stereocenters. The van der Waals surface area contributed by atoms with Gasteiger partial charge in [-0.1, -0.05) is 38.1 Å². The van der Waals surface area contributed by atoms with Crippen LogP contribution in [0.5, 0.6) is 0 Å². The van der Waals surface area contributed by atoms with Gasteiger partial charge in [0.15, 0.2) is 0 Å². The molecule has 0 saturated heterocycles. The van der Waals surface area contributed by atoms with Crippen LogP contribution in [0.3, 0.4) is 0 Å². The fraction of sp³-hybridized carbons (Fsp3) is 0.647. The normalized spacial score (nSPS) is 12.8. The molecule has 0 aliphatic carbocycles. The predicted octanol–water partition coefficient (Wildman–Crippen LogP) is 3.76. The minimum Gasteiger partial charge on any atom is -0.313 e. The maximum atomic E-state index is 3.44. The van der Waals surface area contributed by atoms with Gasteiger partial charge in [-0.3, -0.25) is 4.90 Å². The molecule has 1 rings (SSSR count). The Morgan fingerprint density at radius 3 is 2.35 bits per heavy atom. The first kappa shape index (κ1) is 17.5. The minimum absolute atomic E-state index is 0.677. The first-order valence-corrected chi connectivity index (χ1v) is 9.08. The largest absolute Gasteiger partial charge is 0.313 e. The summed E-state index contributed by atoms with van der Waals surface area (Å²) in [6.07, 6.45) is 4.60. The third-order valence-corrected chi connectivity index (χ3v) is 4.38. The zero-order valence-electron chi connectivity index (χ0n) is 13.5. The van der Waals surface area contributed by atoms with Crippen molar-refractivity contribution >= 4 is 11.8 Å². The van der Waals surface area contributed by atoms with Crippen LogP contribution in [0.25, 0.3) is 0 Å². The highest BCUT2D eigenvalue weighted by Gasteiger charge is 2.12. The van der Waals surface area contributed by atoms with Gasteiger partial charge < -0.3 is 5.32 Å². The Balaban J connectivity index is 2.47. The molecule has 0 amide bonds. The van der Waals surface area contributed by atoms with Gasteiger partial charge in [0.05, 0.1) is 0 Å². The van der Waals surface area contributed by atoms with Gasteiger partial charge >= 0.3 is 0 Å². The van der Waals surface area contributed by atoms with E-state index < -0.39 is 0 Å². The van der Waals surface area contributed by atoms with E-state index in [2.05, 4.69) is 61.6 Å². The lowest BCUT2D eigenvalue weighted by atomic mass is 10.1. The summed E-state index contributed by atoms with van der Waals surface area (Å²) in [5.74, 6) is 1.21. The summed E-state index contributed by atoms with van der Waals surface area (Å²) in [7, 11) is 2.24. The molecule has 3 heteroatoms. The molecule has 1 aromatic rings. The van der Waals surface area contributed by atoms with Gasteiger partial charge in [0.2, 0.25) is 0 Å². The maximum Gasteiger partial charge on any atom is 0.0233 e. The standard InChI is InChI=1S/C17H30N2S/c1-5-11-18-12-15-7-9-16(10-8-15)13-19(3)17(6-2)14-20-4/h7-10,17-18H,5-6,11-14H2,1-4H3. The van der Waals surface area contributed by atoms with Crippen LogP contribution in [-0.2, 0) is 13.1 Å². The number of benzene rings is 1.